The van der Waals surface area contributed by atoms with Gasteiger partial charge in [-0.05, 0) is 71.1 Å². The molecule has 1 fully saturated rings. The van der Waals surface area contributed by atoms with Gasteiger partial charge >= 0.3 is 0 Å². The van der Waals surface area contributed by atoms with Crippen LogP contribution in [0.3, 0.4) is 0 Å². The Morgan fingerprint density at radius 3 is 2.62 bits per heavy atom. The van der Waals surface area contributed by atoms with Crippen LogP contribution in [0.1, 0.15) is 36.4 Å². The Labute approximate surface area is 134 Å². The molecule has 0 radical (unpaired) electrons. The second-order valence-corrected chi connectivity index (χ2v) is 6.93. The number of nitrogens with two attached hydrogens (primary N) is 1. The molecule has 0 amide bonds. The molecule has 0 spiro atoms. The number of halogens is 1. The van der Waals surface area contributed by atoms with Crippen LogP contribution in [0.2, 0.25) is 0 Å². The van der Waals surface area contributed by atoms with Crippen molar-refractivity contribution in [3.05, 3.63) is 64.4 Å². The van der Waals surface area contributed by atoms with E-state index >= 15 is 0 Å². The lowest BCUT2D eigenvalue weighted by atomic mass is 9.74. The number of nitrogens with zero attached hydrogens (tertiary/aromatic N) is 1. The maximum atomic E-state index is 6.36. The summed E-state index contributed by atoms with van der Waals surface area (Å²) < 4.78 is 1.03. The highest BCUT2D eigenvalue weighted by atomic mass is 79.9. The van der Waals surface area contributed by atoms with Gasteiger partial charge in [0.1, 0.15) is 0 Å². The third kappa shape index (κ3) is 3.72. The van der Waals surface area contributed by atoms with Crippen LogP contribution in [0.4, 0.5) is 0 Å². The molecule has 2 aromatic rings. The smallest absolute Gasteiger partial charge is 0.0413 e. The summed E-state index contributed by atoms with van der Waals surface area (Å²) >= 11 is 3.44. The summed E-state index contributed by atoms with van der Waals surface area (Å²) in [7, 11) is 0. The molecule has 0 bridgehead atoms. The van der Waals surface area contributed by atoms with Gasteiger partial charge in [-0.3, -0.25) is 4.98 Å². The first-order valence-electron chi connectivity index (χ1n) is 7.63. The van der Waals surface area contributed by atoms with Crippen molar-refractivity contribution in [2.75, 3.05) is 0 Å². The molecule has 1 heterocycles. The van der Waals surface area contributed by atoms with Crippen molar-refractivity contribution in [3.8, 4) is 0 Å². The summed E-state index contributed by atoms with van der Waals surface area (Å²) in [5, 5.41) is 0. The molecule has 3 atom stereocenters. The van der Waals surface area contributed by atoms with E-state index in [9.17, 15) is 0 Å². The minimum absolute atomic E-state index is 0.301. The van der Waals surface area contributed by atoms with Gasteiger partial charge in [-0.25, -0.2) is 0 Å². The van der Waals surface area contributed by atoms with Crippen LogP contribution in [0.25, 0.3) is 0 Å². The highest BCUT2D eigenvalue weighted by Crippen LogP contribution is 2.36. The summed E-state index contributed by atoms with van der Waals surface area (Å²) in [4.78, 5) is 4.50. The van der Waals surface area contributed by atoms with Crippen molar-refractivity contribution in [2.45, 2.75) is 37.6 Å². The van der Waals surface area contributed by atoms with E-state index in [0.29, 0.717) is 17.9 Å². The van der Waals surface area contributed by atoms with E-state index in [4.69, 9.17) is 5.73 Å². The molecule has 2 nitrogen and oxygen atoms in total. The van der Waals surface area contributed by atoms with Gasteiger partial charge in [0.2, 0.25) is 0 Å². The quantitative estimate of drug-likeness (QED) is 0.901. The highest BCUT2D eigenvalue weighted by Gasteiger charge is 2.29. The predicted octanol–water partition coefficient (Wildman–Crippen LogP) is 4.30. The van der Waals surface area contributed by atoms with Crippen LogP contribution in [-0.4, -0.2) is 11.0 Å². The molecular weight excluding hydrogens is 324 g/mol. The lowest BCUT2D eigenvalue weighted by Crippen LogP contribution is -2.36. The predicted molar refractivity (Wildman–Crippen MR) is 90.1 cm³/mol. The molecule has 1 aliphatic carbocycles. The number of hydrogen-bond donors (Lipinski definition) is 1. The van der Waals surface area contributed by atoms with E-state index in [1.807, 2.05) is 6.20 Å². The largest absolute Gasteiger partial charge is 0.327 e. The second-order valence-electron chi connectivity index (χ2n) is 6.02. The van der Waals surface area contributed by atoms with Gasteiger partial charge < -0.3 is 5.73 Å². The molecule has 1 aromatic carbocycles. The monoisotopic (exact) mass is 344 g/mol. The van der Waals surface area contributed by atoms with Crippen LogP contribution in [0.15, 0.2) is 53.1 Å². The molecular formula is C18H21BrN2. The van der Waals surface area contributed by atoms with E-state index in [-0.39, 0.29) is 0 Å². The number of aromatic nitrogens is 1. The van der Waals surface area contributed by atoms with Crippen molar-refractivity contribution < 1.29 is 0 Å². The maximum absolute atomic E-state index is 6.36. The molecule has 3 rings (SSSR count). The van der Waals surface area contributed by atoms with Crippen LogP contribution in [-0.2, 0) is 6.42 Å². The zero-order valence-corrected chi connectivity index (χ0v) is 13.7. The Kier molecular flexibility index (Phi) is 4.71. The third-order valence-electron chi connectivity index (χ3n) is 4.57. The number of benzene rings is 1. The normalized spacial score (nSPS) is 25.7. The van der Waals surface area contributed by atoms with Crippen molar-refractivity contribution >= 4 is 15.9 Å². The number of hydrogen-bond acceptors (Lipinski definition) is 2. The Morgan fingerprint density at radius 2 is 1.90 bits per heavy atom. The molecule has 110 valence electrons. The fraction of sp³-hybridized carbons (Fsp3) is 0.389. The van der Waals surface area contributed by atoms with E-state index in [2.05, 4.69) is 63.4 Å². The van der Waals surface area contributed by atoms with Gasteiger partial charge in [0.15, 0.2) is 0 Å². The molecule has 2 N–H and O–H groups in total. The van der Waals surface area contributed by atoms with Gasteiger partial charge in [0.05, 0.1) is 0 Å². The summed E-state index contributed by atoms with van der Waals surface area (Å²) in [5.74, 6) is 1.17. The van der Waals surface area contributed by atoms with Gasteiger partial charge in [0, 0.05) is 22.4 Å². The van der Waals surface area contributed by atoms with Crippen molar-refractivity contribution in [1.29, 1.82) is 0 Å². The summed E-state index contributed by atoms with van der Waals surface area (Å²) in [6, 6.07) is 15.3. The van der Waals surface area contributed by atoms with Crippen LogP contribution >= 0.6 is 15.9 Å². The Bertz CT molecular complexity index is 568. The summed E-state index contributed by atoms with van der Waals surface area (Å²) in [6.07, 6.45) is 6.34. The lowest BCUT2D eigenvalue weighted by molar-refractivity contribution is 0.275. The summed E-state index contributed by atoms with van der Waals surface area (Å²) in [6.45, 7) is 0. The number of pyridine rings is 1. The molecule has 21 heavy (non-hydrogen) atoms. The Hall–Kier alpha value is -1.19. The maximum Gasteiger partial charge on any atom is 0.0413 e. The van der Waals surface area contributed by atoms with Crippen molar-refractivity contribution in [2.24, 2.45) is 11.7 Å². The van der Waals surface area contributed by atoms with Gasteiger partial charge in [-0.15, -0.1) is 0 Å². The van der Waals surface area contributed by atoms with Crippen molar-refractivity contribution in [1.82, 2.24) is 4.98 Å². The Morgan fingerprint density at radius 1 is 1.10 bits per heavy atom. The van der Waals surface area contributed by atoms with E-state index in [0.717, 1.165) is 23.0 Å². The highest BCUT2D eigenvalue weighted by molar-refractivity contribution is 9.10. The fourth-order valence-electron chi connectivity index (χ4n) is 3.35. The first-order chi connectivity index (χ1) is 10.2. The van der Waals surface area contributed by atoms with Crippen LogP contribution in [0, 0.1) is 5.92 Å². The zero-order valence-electron chi connectivity index (χ0n) is 12.1. The van der Waals surface area contributed by atoms with E-state index in [1.165, 1.54) is 18.4 Å². The average molecular weight is 345 g/mol. The molecule has 1 aliphatic rings. The lowest BCUT2D eigenvalue weighted by Gasteiger charge is -2.34. The van der Waals surface area contributed by atoms with Crippen molar-refractivity contribution in [3.63, 3.8) is 0 Å². The molecule has 0 aliphatic heterocycles. The third-order valence-corrected chi connectivity index (χ3v) is 5.04. The Balaban J connectivity index is 1.70. The zero-order chi connectivity index (χ0) is 14.7. The topological polar surface area (TPSA) is 38.9 Å². The molecule has 1 saturated carbocycles. The van der Waals surface area contributed by atoms with Gasteiger partial charge in [-0.2, -0.15) is 0 Å². The van der Waals surface area contributed by atoms with E-state index in [1.54, 1.807) is 0 Å². The standard InChI is InChI=1S/C18H21BrN2/c19-16-7-8-17(21-12-16)11-15-10-14(6-9-18(15)20)13-4-2-1-3-5-13/h1-5,7-8,12,14-15,18H,6,9-11,20H2. The first kappa shape index (κ1) is 14.7. The van der Waals surface area contributed by atoms with Gasteiger partial charge in [-0.1, -0.05) is 30.3 Å². The van der Waals surface area contributed by atoms with Crippen LogP contribution in [0.5, 0.6) is 0 Å². The van der Waals surface area contributed by atoms with Crippen LogP contribution < -0.4 is 5.73 Å². The first-order valence-corrected chi connectivity index (χ1v) is 8.42. The second kappa shape index (κ2) is 6.71. The SMILES string of the molecule is NC1CCC(c2ccccc2)CC1Cc1ccc(Br)cn1. The van der Waals surface area contributed by atoms with Gasteiger partial charge in [0.25, 0.3) is 0 Å². The minimum atomic E-state index is 0.301. The molecule has 3 unspecified atom stereocenters. The fourth-order valence-corrected chi connectivity index (χ4v) is 3.58. The number of rotatable bonds is 3. The molecule has 3 heteroatoms. The summed E-state index contributed by atoms with van der Waals surface area (Å²) in [5.41, 5.74) is 8.96. The molecule has 1 aromatic heterocycles. The van der Waals surface area contributed by atoms with E-state index < -0.39 is 0 Å². The average Bonchev–Trinajstić information content (AvgIpc) is 2.52. The minimum Gasteiger partial charge on any atom is -0.327 e. The molecule has 0 saturated heterocycles.